The molecule has 1 aliphatic carbocycles. The van der Waals surface area contributed by atoms with Gasteiger partial charge in [0.25, 0.3) is 0 Å². The number of furan rings is 1. The molecule has 3 aromatic heterocycles. The predicted octanol–water partition coefficient (Wildman–Crippen LogP) is 4.16. The summed E-state index contributed by atoms with van der Waals surface area (Å²) in [6.07, 6.45) is 11.4. The summed E-state index contributed by atoms with van der Waals surface area (Å²) < 4.78 is 7.51. The first-order valence-electron chi connectivity index (χ1n) is 10.5. The summed E-state index contributed by atoms with van der Waals surface area (Å²) in [6.45, 7) is 3.17. The van der Waals surface area contributed by atoms with Gasteiger partial charge in [0.05, 0.1) is 18.1 Å². The van der Waals surface area contributed by atoms with Gasteiger partial charge in [0.2, 0.25) is 5.91 Å². The van der Waals surface area contributed by atoms with E-state index in [0.717, 1.165) is 17.9 Å². The van der Waals surface area contributed by atoms with Crippen molar-refractivity contribution in [3.05, 3.63) is 48.7 Å². The first-order chi connectivity index (χ1) is 14.7. The van der Waals surface area contributed by atoms with Crippen LogP contribution in [0.5, 0.6) is 0 Å². The van der Waals surface area contributed by atoms with Crippen molar-refractivity contribution in [2.45, 2.75) is 56.0 Å². The van der Waals surface area contributed by atoms with E-state index in [0.29, 0.717) is 23.4 Å². The Bertz CT molecular complexity index is 936. The maximum atomic E-state index is 12.7. The third kappa shape index (κ3) is 5.11. The molecule has 3 aromatic rings. The average molecular weight is 426 g/mol. The van der Waals surface area contributed by atoms with Crippen LogP contribution < -0.4 is 5.32 Å². The first-order valence-corrected chi connectivity index (χ1v) is 11.4. The Morgan fingerprint density at radius 1 is 1.27 bits per heavy atom. The quantitative estimate of drug-likeness (QED) is 0.546. The third-order valence-electron chi connectivity index (χ3n) is 5.47. The minimum Gasteiger partial charge on any atom is -0.467 e. The van der Waals surface area contributed by atoms with E-state index < -0.39 is 0 Å². The molecular weight excluding hydrogens is 398 g/mol. The summed E-state index contributed by atoms with van der Waals surface area (Å²) in [5, 5.41) is 12.3. The van der Waals surface area contributed by atoms with E-state index in [2.05, 4.69) is 20.5 Å². The molecule has 4 rings (SSSR count). The van der Waals surface area contributed by atoms with Crippen molar-refractivity contribution in [3.8, 4) is 11.4 Å². The molecule has 30 heavy (non-hydrogen) atoms. The second-order valence-electron chi connectivity index (χ2n) is 7.72. The van der Waals surface area contributed by atoms with Gasteiger partial charge in [-0.05, 0) is 49.9 Å². The number of hydrogen-bond acceptors (Lipinski definition) is 6. The van der Waals surface area contributed by atoms with Crippen molar-refractivity contribution in [1.29, 1.82) is 0 Å². The van der Waals surface area contributed by atoms with Gasteiger partial charge in [0.15, 0.2) is 11.0 Å². The number of nitrogens with one attached hydrogen (secondary N) is 1. The lowest BCUT2D eigenvalue weighted by Gasteiger charge is -2.22. The number of carbonyl (C=O) groups excluding carboxylic acids is 1. The van der Waals surface area contributed by atoms with Crippen LogP contribution in [0.3, 0.4) is 0 Å². The van der Waals surface area contributed by atoms with Gasteiger partial charge in [-0.1, -0.05) is 31.0 Å². The molecule has 1 aliphatic rings. The minimum absolute atomic E-state index is 0.0426. The second kappa shape index (κ2) is 9.93. The Hall–Kier alpha value is -2.61. The maximum Gasteiger partial charge on any atom is 0.233 e. The lowest BCUT2D eigenvalue weighted by molar-refractivity contribution is -0.120. The van der Waals surface area contributed by atoms with E-state index in [1.807, 2.05) is 35.8 Å². The van der Waals surface area contributed by atoms with Crippen molar-refractivity contribution >= 4 is 17.7 Å². The number of hydrogen-bond donors (Lipinski definition) is 1. The van der Waals surface area contributed by atoms with Gasteiger partial charge >= 0.3 is 0 Å². The molecule has 1 atom stereocenters. The van der Waals surface area contributed by atoms with Crippen molar-refractivity contribution in [3.63, 3.8) is 0 Å². The van der Waals surface area contributed by atoms with Crippen molar-refractivity contribution in [2.24, 2.45) is 5.92 Å². The Balaban J connectivity index is 1.47. The van der Waals surface area contributed by atoms with Crippen LogP contribution in [0.15, 0.2) is 52.5 Å². The highest BCUT2D eigenvalue weighted by atomic mass is 32.2. The van der Waals surface area contributed by atoms with Gasteiger partial charge in [0.1, 0.15) is 5.76 Å². The van der Waals surface area contributed by atoms with Crippen molar-refractivity contribution in [1.82, 2.24) is 25.1 Å². The Labute approximate surface area is 180 Å². The van der Waals surface area contributed by atoms with Crippen LogP contribution in [0.2, 0.25) is 0 Å². The summed E-state index contributed by atoms with van der Waals surface area (Å²) >= 11 is 1.42. The molecule has 1 amide bonds. The van der Waals surface area contributed by atoms with Gasteiger partial charge in [-0.2, -0.15) is 0 Å². The van der Waals surface area contributed by atoms with E-state index in [1.165, 1.54) is 43.9 Å². The fourth-order valence-electron chi connectivity index (χ4n) is 3.78. The van der Waals surface area contributed by atoms with Crippen molar-refractivity contribution in [2.75, 3.05) is 6.54 Å². The molecule has 1 saturated carbocycles. The van der Waals surface area contributed by atoms with Crippen LogP contribution in [-0.2, 0) is 11.3 Å². The molecule has 7 nitrogen and oxygen atoms in total. The molecule has 3 heterocycles. The number of carbonyl (C=O) groups is 1. The molecule has 0 radical (unpaired) electrons. The normalized spacial score (nSPS) is 15.8. The van der Waals surface area contributed by atoms with Crippen LogP contribution >= 0.6 is 11.8 Å². The third-order valence-corrected chi connectivity index (χ3v) is 6.55. The van der Waals surface area contributed by atoms with E-state index in [4.69, 9.17) is 4.42 Å². The molecule has 1 fully saturated rings. The molecule has 0 bridgehead atoms. The number of aromatic nitrogens is 4. The zero-order chi connectivity index (χ0) is 20.8. The zero-order valence-corrected chi connectivity index (χ0v) is 18.0. The van der Waals surface area contributed by atoms with Crippen molar-refractivity contribution < 1.29 is 9.21 Å². The van der Waals surface area contributed by atoms with Crippen LogP contribution in [-0.4, -0.2) is 37.5 Å². The highest BCUT2D eigenvalue weighted by Crippen LogP contribution is 2.28. The number of nitrogens with zero attached hydrogens (tertiary/aromatic N) is 4. The molecule has 1 N–H and O–H groups in total. The standard InChI is InChI=1S/C22H27N5O2S/c1-16(21(28)24-13-17-7-3-2-4-8-17)30-22-26-25-20(18-9-5-11-23-14-18)27(22)15-19-10-6-12-29-19/h5-6,9-12,14,16-17H,2-4,7-8,13,15H2,1H3,(H,24,28). The summed E-state index contributed by atoms with van der Waals surface area (Å²) in [4.78, 5) is 16.9. The summed E-state index contributed by atoms with van der Waals surface area (Å²) in [7, 11) is 0. The molecule has 0 saturated heterocycles. The van der Waals surface area contributed by atoms with Gasteiger partial charge in [0, 0.05) is 24.5 Å². The van der Waals surface area contributed by atoms with Gasteiger partial charge in [-0.3, -0.25) is 14.3 Å². The summed E-state index contributed by atoms with van der Waals surface area (Å²) in [5.74, 6) is 2.16. The smallest absolute Gasteiger partial charge is 0.233 e. The topological polar surface area (TPSA) is 85.8 Å². The van der Waals surface area contributed by atoms with E-state index >= 15 is 0 Å². The van der Waals surface area contributed by atoms with Crippen LogP contribution in [0, 0.1) is 5.92 Å². The SMILES string of the molecule is CC(Sc1nnc(-c2cccnc2)n1Cc1ccco1)C(=O)NCC1CCCCC1. The number of amides is 1. The molecule has 1 unspecified atom stereocenters. The highest BCUT2D eigenvalue weighted by Gasteiger charge is 2.22. The van der Waals surface area contributed by atoms with Gasteiger partial charge in [-0.15, -0.1) is 10.2 Å². The van der Waals surface area contributed by atoms with Gasteiger partial charge < -0.3 is 9.73 Å². The van der Waals surface area contributed by atoms with Crippen LogP contribution in [0.1, 0.15) is 44.8 Å². The number of thioether (sulfide) groups is 1. The molecule has 0 aromatic carbocycles. The molecular formula is C22H27N5O2S. The maximum absolute atomic E-state index is 12.7. The lowest BCUT2D eigenvalue weighted by Crippen LogP contribution is -2.35. The highest BCUT2D eigenvalue weighted by molar-refractivity contribution is 8.00. The first kappa shape index (κ1) is 20.7. The molecule has 8 heteroatoms. The zero-order valence-electron chi connectivity index (χ0n) is 17.2. The monoisotopic (exact) mass is 425 g/mol. The lowest BCUT2D eigenvalue weighted by atomic mass is 9.89. The van der Waals surface area contributed by atoms with Crippen LogP contribution in [0.4, 0.5) is 0 Å². The largest absolute Gasteiger partial charge is 0.467 e. The average Bonchev–Trinajstić information content (AvgIpc) is 3.44. The Morgan fingerprint density at radius 2 is 2.13 bits per heavy atom. The molecule has 0 spiro atoms. The minimum atomic E-state index is -0.269. The number of pyridine rings is 1. The molecule has 0 aliphatic heterocycles. The van der Waals surface area contributed by atoms with E-state index in [9.17, 15) is 4.79 Å². The Kier molecular flexibility index (Phi) is 6.84. The van der Waals surface area contributed by atoms with E-state index in [1.54, 1.807) is 18.7 Å². The predicted molar refractivity (Wildman–Crippen MR) is 116 cm³/mol. The fourth-order valence-corrected chi connectivity index (χ4v) is 4.65. The summed E-state index contributed by atoms with van der Waals surface area (Å²) in [6, 6.07) is 7.60. The number of rotatable bonds is 8. The molecule has 158 valence electrons. The second-order valence-corrected chi connectivity index (χ2v) is 9.03. The summed E-state index contributed by atoms with van der Waals surface area (Å²) in [5.41, 5.74) is 0.873. The Morgan fingerprint density at radius 3 is 2.87 bits per heavy atom. The van der Waals surface area contributed by atoms with E-state index in [-0.39, 0.29) is 11.2 Å². The fraction of sp³-hybridized carbons (Fsp3) is 0.455. The van der Waals surface area contributed by atoms with Crippen LogP contribution in [0.25, 0.3) is 11.4 Å². The van der Waals surface area contributed by atoms with Gasteiger partial charge in [-0.25, -0.2) is 0 Å².